The maximum atomic E-state index is 5.95. The maximum absolute atomic E-state index is 5.95. The van der Waals surface area contributed by atoms with Gasteiger partial charge in [-0.1, -0.05) is 37.3 Å². The van der Waals surface area contributed by atoms with Crippen LogP contribution >= 0.6 is 24.0 Å². The summed E-state index contributed by atoms with van der Waals surface area (Å²) in [5.74, 6) is 0.989. The molecule has 0 aliphatic carbocycles. The highest BCUT2D eigenvalue weighted by molar-refractivity contribution is 7.99. The topological polar surface area (TPSA) is 38.0 Å². The first-order valence-electron chi connectivity index (χ1n) is 6.92. The van der Waals surface area contributed by atoms with Crippen LogP contribution in [-0.2, 0) is 0 Å². The molecule has 0 saturated carbocycles. The van der Waals surface area contributed by atoms with Gasteiger partial charge in [-0.15, -0.1) is 11.8 Å². The summed E-state index contributed by atoms with van der Waals surface area (Å²) in [5.41, 5.74) is 11.4. The molecule has 2 rings (SSSR count). The number of benzene rings is 2. The van der Waals surface area contributed by atoms with Gasteiger partial charge in [-0.2, -0.15) is 0 Å². The third kappa shape index (κ3) is 3.77. The van der Waals surface area contributed by atoms with E-state index in [-0.39, 0.29) is 0 Å². The summed E-state index contributed by atoms with van der Waals surface area (Å²) in [4.78, 5) is 1.56. The van der Waals surface area contributed by atoms with Crippen molar-refractivity contribution >= 4 is 40.3 Å². The molecule has 4 heteroatoms. The van der Waals surface area contributed by atoms with Crippen molar-refractivity contribution in [3.05, 3.63) is 53.1 Å². The lowest BCUT2D eigenvalue weighted by molar-refractivity contribution is 1.35. The highest BCUT2D eigenvalue weighted by Gasteiger charge is 2.12. The van der Waals surface area contributed by atoms with Crippen molar-refractivity contribution in [2.75, 3.05) is 11.1 Å². The lowest BCUT2D eigenvalue weighted by atomic mass is 10.1. The molecule has 0 spiro atoms. The van der Waals surface area contributed by atoms with Crippen molar-refractivity contribution in [1.29, 1.82) is 0 Å². The fourth-order valence-electron chi connectivity index (χ4n) is 2.18. The molecule has 0 bridgehead atoms. The molecule has 2 aromatic carbocycles. The average Bonchev–Trinajstić information content (AvgIpc) is 2.43. The molecule has 0 saturated heterocycles. The van der Waals surface area contributed by atoms with Crippen molar-refractivity contribution in [1.82, 2.24) is 0 Å². The first-order chi connectivity index (χ1) is 10.0. The van der Waals surface area contributed by atoms with E-state index in [9.17, 15) is 0 Å². The summed E-state index contributed by atoms with van der Waals surface area (Å²) in [6.45, 7) is 6.30. The second-order valence-corrected chi connectivity index (χ2v) is 6.67. The molecule has 21 heavy (non-hydrogen) atoms. The van der Waals surface area contributed by atoms with Gasteiger partial charge in [0.05, 0.1) is 0 Å². The third-order valence-corrected chi connectivity index (χ3v) is 4.38. The van der Waals surface area contributed by atoms with Crippen LogP contribution in [0.4, 0.5) is 11.4 Å². The van der Waals surface area contributed by atoms with Crippen LogP contribution in [0.25, 0.3) is 0 Å². The number of nitrogens with one attached hydrogen (secondary N) is 1. The van der Waals surface area contributed by atoms with Gasteiger partial charge < -0.3 is 11.1 Å². The zero-order valence-corrected chi connectivity index (χ0v) is 14.2. The molecule has 0 aromatic heterocycles. The van der Waals surface area contributed by atoms with Crippen LogP contribution in [0.15, 0.2) is 41.3 Å². The van der Waals surface area contributed by atoms with Gasteiger partial charge in [0, 0.05) is 21.8 Å². The minimum absolute atomic E-state index is 0.430. The molecule has 0 unspecified atom stereocenters. The van der Waals surface area contributed by atoms with Gasteiger partial charge >= 0.3 is 0 Å². The minimum atomic E-state index is 0.430. The van der Waals surface area contributed by atoms with E-state index in [4.69, 9.17) is 18.0 Å². The molecule has 0 aliphatic rings. The Kier molecular flexibility index (Phi) is 5.26. The number of rotatable bonds is 5. The first-order valence-corrected chi connectivity index (χ1v) is 8.32. The van der Waals surface area contributed by atoms with Crippen LogP contribution in [0.5, 0.6) is 0 Å². The quantitative estimate of drug-likeness (QED) is 0.614. The molecule has 0 fully saturated rings. The van der Waals surface area contributed by atoms with E-state index in [1.54, 1.807) is 11.8 Å². The van der Waals surface area contributed by atoms with Gasteiger partial charge in [-0.25, -0.2) is 0 Å². The molecule has 0 amide bonds. The standard InChI is InChI=1S/C17H20N2S2/c1-4-21-15-7-5-6-13(16(15)17(18)20)19-14-10-11(2)8-9-12(14)3/h5-10,19H,4H2,1-3H3,(H2,18,20). The van der Waals surface area contributed by atoms with Crippen molar-refractivity contribution in [3.63, 3.8) is 0 Å². The van der Waals surface area contributed by atoms with Crippen LogP contribution in [0.1, 0.15) is 23.6 Å². The Morgan fingerprint density at radius 3 is 2.62 bits per heavy atom. The van der Waals surface area contributed by atoms with Crippen LogP contribution in [0, 0.1) is 13.8 Å². The van der Waals surface area contributed by atoms with Crippen molar-refractivity contribution < 1.29 is 0 Å². The lowest BCUT2D eigenvalue weighted by Gasteiger charge is -2.16. The minimum Gasteiger partial charge on any atom is -0.389 e. The summed E-state index contributed by atoms with van der Waals surface area (Å²) in [6, 6.07) is 12.5. The number of anilines is 2. The average molecular weight is 316 g/mol. The summed E-state index contributed by atoms with van der Waals surface area (Å²) in [6.07, 6.45) is 0. The van der Waals surface area contributed by atoms with Crippen molar-refractivity contribution in [2.24, 2.45) is 5.73 Å². The fraction of sp³-hybridized carbons (Fsp3) is 0.235. The maximum Gasteiger partial charge on any atom is 0.107 e. The number of thiocarbonyl (C=S) groups is 1. The van der Waals surface area contributed by atoms with Gasteiger partial charge in [-0.3, -0.25) is 0 Å². The predicted molar refractivity (Wildman–Crippen MR) is 97.9 cm³/mol. The van der Waals surface area contributed by atoms with E-state index in [1.165, 1.54) is 11.1 Å². The van der Waals surface area contributed by atoms with E-state index < -0.39 is 0 Å². The fourth-order valence-corrected chi connectivity index (χ4v) is 3.32. The molecule has 0 radical (unpaired) electrons. The van der Waals surface area contributed by atoms with Gasteiger partial charge in [0.25, 0.3) is 0 Å². The molecule has 2 nitrogen and oxygen atoms in total. The normalized spacial score (nSPS) is 10.4. The van der Waals surface area contributed by atoms with Crippen LogP contribution in [0.2, 0.25) is 0 Å². The summed E-state index contributed by atoms with van der Waals surface area (Å²) in [5, 5.41) is 3.48. The number of aryl methyl sites for hydroxylation is 2. The van der Waals surface area contributed by atoms with Crippen LogP contribution in [-0.4, -0.2) is 10.7 Å². The van der Waals surface area contributed by atoms with Gasteiger partial charge in [-0.05, 0) is 48.9 Å². The highest BCUT2D eigenvalue weighted by atomic mass is 32.2. The Morgan fingerprint density at radius 2 is 1.95 bits per heavy atom. The van der Waals surface area contributed by atoms with Crippen LogP contribution < -0.4 is 11.1 Å². The molecule has 0 heterocycles. The Hall–Kier alpha value is -1.52. The number of thioether (sulfide) groups is 1. The largest absolute Gasteiger partial charge is 0.389 e. The molecule has 0 aliphatic heterocycles. The van der Waals surface area contributed by atoms with E-state index in [1.807, 2.05) is 12.1 Å². The number of hydrogen-bond donors (Lipinski definition) is 2. The van der Waals surface area contributed by atoms with E-state index in [0.717, 1.165) is 27.6 Å². The molecule has 3 N–H and O–H groups in total. The summed E-state index contributed by atoms with van der Waals surface area (Å²) in [7, 11) is 0. The molecular formula is C17H20N2S2. The smallest absolute Gasteiger partial charge is 0.107 e. The Bertz CT molecular complexity index is 666. The van der Waals surface area contributed by atoms with E-state index in [2.05, 4.69) is 50.4 Å². The van der Waals surface area contributed by atoms with Gasteiger partial charge in [0.1, 0.15) is 4.99 Å². The third-order valence-electron chi connectivity index (χ3n) is 3.23. The zero-order chi connectivity index (χ0) is 15.4. The second-order valence-electron chi connectivity index (χ2n) is 4.92. The highest BCUT2D eigenvalue weighted by Crippen LogP contribution is 2.31. The molecule has 110 valence electrons. The molecule has 2 aromatic rings. The van der Waals surface area contributed by atoms with Crippen molar-refractivity contribution in [3.8, 4) is 0 Å². The van der Waals surface area contributed by atoms with Gasteiger partial charge in [0.2, 0.25) is 0 Å². The number of nitrogens with two attached hydrogens (primary N) is 1. The number of hydrogen-bond acceptors (Lipinski definition) is 3. The Balaban J connectivity index is 2.46. The van der Waals surface area contributed by atoms with Gasteiger partial charge in [0.15, 0.2) is 0 Å². The molecule has 0 atom stereocenters. The lowest BCUT2D eigenvalue weighted by Crippen LogP contribution is -2.13. The Labute approximate surface area is 136 Å². The second kappa shape index (κ2) is 6.96. The zero-order valence-electron chi connectivity index (χ0n) is 12.6. The SMILES string of the molecule is CCSc1cccc(Nc2cc(C)ccc2C)c1C(N)=S. The van der Waals surface area contributed by atoms with Crippen LogP contribution in [0.3, 0.4) is 0 Å². The summed E-state index contributed by atoms with van der Waals surface area (Å²) >= 11 is 7.01. The van der Waals surface area contributed by atoms with E-state index >= 15 is 0 Å². The monoisotopic (exact) mass is 316 g/mol. The molecular weight excluding hydrogens is 296 g/mol. The predicted octanol–water partition coefficient (Wildman–Crippen LogP) is 4.79. The van der Waals surface area contributed by atoms with E-state index in [0.29, 0.717) is 4.99 Å². The first kappa shape index (κ1) is 15.9. The Morgan fingerprint density at radius 1 is 1.19 bits per heavy atom. The summed E-state index contributed by atoms with van der Waals surface area (Å²) < 4.78 is 0. The van der Waals surface area contributed by atoms with Crippen molar-refractivity contribution in [2.45, 2.75) is 25.7 Å².